The number of carbonyl (C=O) groups excluding carboxylic acids is 1. The van der Waals surface area contributed by atoms with E-state index in [-0.39, 0.29) is 16.8 Å². The lowest BCUT2D eigenvalue weighted by molar-refractivity contribution is -0.928. The fourth-order valence-corrected chi connectivity index (χ4v) is 6.35. The van der Waals surface area contributed by atoms with E-state index < -0.39 is 10.0 Å². The molecular weight excluding hydrogens is 386 g/mol. The molecule has 3 rings (SSSR count). The van der Waals surface area contributed by atoms with Gasteiger partial charge < -0.3 is 10.2 Å². The van der Waals surface area contributed by atoms with Crippen LogP contribution in [0.25, 0.3) is 0 Å². The SMILES string of the molecule is C[C@@H]1CCCC[NH+]1CCCNC(=O)c1cccc(S(=O)(=O)N2CCCC[C@@H]2C)c1. The number of carbonyl (C=O) groups is 1. The van der Waals surface area contributed by atoms with Gasteiger partial charge in [0.25, 0.3) is 5.91 Å². The van der Waals surface area contributed by atoms with E-state index in [0.717, 1.165) is 32.2 Å². The van der Waals surface area contributed by atoms with Gasteiger partial charge in [-0.15, -0.1) is 0 Å². The molecule has 0 spiro atoms. The van der Waals surface area contributed by atoms with Crippen molar-refractivity contribution >= 4 is 15.9 Å². The number of nitrogens with one attached hydrogen (secondary N) is 2. The van der Waals surface area contributed by atoms with Crippen LogP contribution in [0.4, 0.5) is 0 Å². The van der Waals surface area contributed by atoms with Gasteiger partial charge in [0.2, 0.25) is 10.0 Å². The maximum absolute atomic E-state index is 13.0. The number of benzene rings is 1. The van der Waals surface area contributed by atoms with Crippen molar-refractivity contribution in [2.45, 2.75) is 75.8 Å². The summed E-state index contributed by atoms with van der Waals surface area (Å²) < 4.78 is 27.6. The van der Waals surface area contributed by atoms with Crippen molar-refractivity contribution in [3.05, 3.63) is 29.8 Å². The molecule has 6 nitrogen and oxygen atoms in total. The van der Waals surface area contributed by atoms with E-state index >= 15 is 0 Å². The Bertz CT molecular complexity index is 796. The molecule has 29 heavy (non-hydrogen) atoms. The molecule has 1 aromatic rings. The lowest BCUT2D eigenvalue weighted by Crippen LogP contribution is -3.16. The highest BCUT2D eigenvalue weighted by Crippen LogP contribution is 2.25. The standard InChI is InChI=1S/C22H35N3O3S/c1-18-9-3-5-14-24(18)15-8-13-23-22(26)20-11-7-12-21(17-20)29(27,28)25-16-6-4-10-19(25)2/h7,11-12,17-19H,3-6,8-10,13-16H2,1-2H3,(H,23,26)/p+1/t18-,19+/m1/s1. The first-order chi connectivity index (χ1) is 13.9. The first-order valence-corrected chi connectivity index (χ1v) is 12.6. The van der Waals surface area contributed by atoms with Crippen LogP contribution in [0.3, 0.4) is 0 Å². The normalized spacial score (nSPS) is 26.2. The van der Waals surface area contributed by atoms with E-state index in [2.05, 4.69) is 12.2 Å². The van der Waals surface area contributed by atoms with Gasteiger partial charge in [-0.25, -0.2) is 8.42 Å². The molecule has 1 aromatic carbocycles. The van der Waals surface area contributed by atoms with Crippen LogP contribution in [0.15, 0.2) is 29.2 Å². The maximum Gasteiger partial charge on any atom is 0.251 e. The molecule has 1 unspecified atom stereocenters. The van der Waals surface area contributed by atoms with Crippen LogP contribution in [-0.2, 0) is 10.0 Å². The van der Waals surface area contributed by atoms with Gasteiger partial charge >= 0.3 is 0 Å². The van der Waals surface area contributed by atoms with E-state index in [4.69, 9.17) is 0 Å². The van der Waals surface area contributed by atoms with Crippen molar-refractivity contribution in [1.82, 2.24) is 9.62 Å². The second kappa shape index (κ2) is 10.0. The van der Waals surface area contributed by atoms with Crippen molar-refractivity contribution in [2.24, 2.45) is 0 Å². The Hall–Kier alpha value is -1.44. The Balaban J connectivity index is 1.56. The number of hydrogen-bond acceptors (Lipinski definition) is 3. The van der Waals surface area contributed by atoms with Crippen LogP contribution in [0.2, 0.25) is 0 Å². The average Bonchev–Trinajstić information content (AvgIpc) is 2.72. The zero-order valence-corrected chi connectivity index (χ0v) is 18.6. The van der Waals surface area contributed by atoms with Crippen molar-refractivity contribution in [3.8, 4) is 0 Å². The molecule has 2 fully saturated rings. The van der Waals surface area contributed by atoms with E-state index in [1.54, 1.807) is 27.4 Å². The summed E-state index contributed by atoms with van der Waals surface area (Å²) in [5.41, 5.74) is 0.412. The number of nitrogens with zero attached hydrogens (tertiary/aromatic N) is 1. The van der Waals surface area contributed by atoms with Crippen LogP contribution < -0.4 is 10.2 Å². The number of piperidine rings is 2. The summed E-state index contributed by atoms with van der Waals surface area (Å²) in [6.07, 6.45) is 7.69. The molecule has 0 aromatic heterocycles. The zero-order valence-electron chi connectivity index (χ0n) is 17.8. The summed E-state index contributed by atoms with van der Waals surface area (Å²) in [5, 5.41) is 2.96. The van der Waals surface area contributed by atoms with Crippen molar-refractivity contribution in [3.63, 3.8) is 0 Å². The largest absolute Gasteiger partial charge is 0.352 e. The predicted molar refractivity (Wildman–Crippen MR) is 115 cm³/mol. The number of quaternary nitrogens is 1. The summed E-state index contributed by atoms with van der Waals surface area (Å²) in [6, 6.07) is 7.17. The van der Waals surface area contributed by atoms with Gasteiger partial charge in [-0.05, 0) is 64.2 Å². The first-order valence-electron chi connectivity index (χ1n) is 11.1. The van der Waals surface area contributed by atoms with Crippen LogP contribution in [0.5, 0.6) is 0 Å². The van der Waals surface area contributed by atoms with E-state index in [1.165, 1.54) is 31.9 Å². The Labute approximate surface area is 175 Å². The average molecular weight is 423 g/mol. The van der Waals surface area contributed by atoms with Gasteiger partial charge in [0.15, 0.2) is 0 Å². The van der Waals surface area contributed by atoms with Gasteiger partial charge in [0, 0.05) is 31.1 Å². The van der Waals surface area contributed by atoms with Crippen molar-refractivity contribution < 1.29 is 18.1 Å². The van der Waals surface area contributed by atoms with Crippen LogP contribution in [-0.4, -0.2) is 56.9 Å². The highest BCUT2D eigenvalue weighted by molar-refractivity contribution is 7.89. The monoisotopic (exact) mass is 422 g/mol. The fraction of sp³-hybridized carbons (Fsp3) is 0.682. The van der Waals surface area contributed by atoms with Crippen LogP contribution >= 0.6 is 0 Å². The molecule has 3 atom stereocenters. The lowest BCUT2D eigenvalue weighted by Gasteiger charge is -2.32. The third-order valence-corrected chi connectivity index (χ3v) is 8.50. The molecule has 0 radical (unpaired) electrons. The topological polar surface area (TPSA) is 70.9 Å². The molecule has 0 aliphatic carbocycles. The van der Waals surface area contributed by atoms with E-state index in [0.29, 0.717) is 24.7 Å². The van der Waals surface area contributed by atoms with Gasteiger partial charge in [0.1, 0.15) is 0 Å². The molecule has 2 aliphatic heterocycles. The molecule has 0 bridgehead atoms. The molecule has 2 aliphatic rings. The fourth-order valence-electron chi connectivity index (χ4n) is 4.61. The maximum atomic E-state index is 13.0. The summed E-state index contributed by atoms with van der Waals surface area (Å²) in [6.45, 7) is 7.74. The summed E-state index contributed by atoms with van der Waals surface area (Å²) in [7, 11) is -3.56. The second-order valence-electron chi connectivity index (χ2n) is 8.65. The quantitative estimate of drug-likeness (QED) is 0.659. The van der Waals surface area contributed by atoms with E-state index in [1.807, 2.05) is 6.92 Å². The Morgan fingerprint density at radius 2 is 1.97 bits per heavy atom. The molecule has 2 saturated heterocycles. The highest BCUT2D eigenvalue weighted by Gasteiger charge is 2.31. The molecule has 1 amide bonds. The van der Waals surface area contributed by atoms with Gasteiger partial charge in [-0.1, -0.05) is 12.5 Å². The van der Waals surface area contributed by atoms with Crippen LogP contribution in [0.1, 0.15) is 69.2 Å². The molecule has 2 heterocycles. The lowest BCUT2D eigenvalue weighted by atomic mass is 10.0. The Morgan fingerprint density at radius 1 is 1.17 bits per heavy atom. The summed E-state index contributed by atoms with van der Waals surface area (Å²) in [4.78, 5) is 14.4. The molecule has 162 valence electrons. The molecular formula is C22H36N3O3S+. The second-order valence-corrected chi connectivity index (χ2v) is 10.5. The number of hydrogen-bond donors (Lipinski definition) is 2. The van der Waals surface area contributed by atoms with Crippen molar-refractivity contribution in [1.29, 1.82) is 0 Å². The Morgan fingerprint density at radius 3 is 2.72 bits per heavy atom. The van der Waals surface area contributed by atoms with Crippen LogP contribution in [0, 0.1) is 0 Å². The highest BCUT2D eigenvalue weighted by atomic mass is 32.2. The van der Waals surface area contributed by atoms with E-state index in [9.17, 15) is 13.2 Å². The number of sulfonamides is 1. The third-order valence-electron chi connectivity index (χ3n) is 6.49. The molecule has 7 heteroatoms. The minimum Gasteiger partial charge on any atom is -0.352 e. The predicted octanol–water partition coefficient (Wildman–Crippen LogP) is 1.83. The number of amides is 1. The molecule has 0 saturated carbocycles. The Kier molecular flexibility index (Phi) is 7.71. The summed E-state index contributed by atoms with van der Waals surface area (Å²) >= 11 is 0. The number of rotatable bonds is 7. The first kappa shape index (κ1) is 22.2. The zero-order chi connectivity index (χ0) is 20.9. The smallest absolute Gasteiger partial charge is 0.251 e. The third kappa shape index (κ3) is 5.58. The van der Waals surface area contributed by atoms with Gasteiger partial charge in [0.05, 0.1) is 24.0 Å². The van der Waals surface area contributed by atoms with Crippen molar-refractivity contribution in [2.75, 3.05) is 26.2 Å². The minimum absolute atomic E-state index is 0.00547. The molecule has 2 N–H and O–H groups in total. The van der Waals surface area contributed by atoms with Gasteiger partial charge in [-0.2, -0.15) is 4.31 Å². The minimum atomic E-state index is -3.56. The van der Waals surface area contributed by atoms with Gasteiger partial charge in [-0.3, -0.25) is 4.79 Å². The number of likely N-dealkylation sites (tertiary alicyclic amines) is 1. The summed E-state index contributed by atoms with van der Waals surface area (Å²) in [5.74, 6) is -0.199.